The minimum absolute atomic E-state index is 0.185. The largest absolute Gasteiger partial charge is 0.378 e. The minimum Gasteiger partial charge on any atom is -0.378 e. The number of carbonyl (C=O) groups excluding carboxylic acids is 1. The van der Waals surface area contributed by atoms with Crippen molar-refractivity contribution in [1.82, 2.24) is 25.0 Å². The second kappa shape index (κ2) is 6.63. The summed E-state index contributed by atoms with van der Waals surface area (Å²) in [6.45, 7) is 5.92. The maximum atomic E-state index is 11.9. The molecule has 0 radical (unpaired) electrons. The van der Waals surface area contributed by atoms with E-state index in [-0.39, 0.29) is 5.91 Å². The number of aromatic nitrogens is 3. The number of carbonyl (C=O) groups is 1. The lowest BCUT2D eigenvalue weighted by molar-refractivity contribution is -0.135. The van der Waals surface area contributed by atoms with Crippen molar-refractivity contribution in [2.45, 2.75) is 19.9 Å². The monoisotopic (exact) mass is 267 g/mol. The molecule has 7 heteroatoms. The Morgan fingerprint density at radius 1 is 1.37 bits per heavy atom. The number of aryl methyl sites for hydroxylation is 1. The Hall–Kier alpha value is -1.47. The Kier molecular flexibility index (Phi) is 4.86. The third kappa shape index (κ3) is 3.74. The van der Waals surface area contributed by atoms with Crippen molar-refractivity contribution in [3.8, 4) is 0 Å². The topological polar surface area (TPSA) is 72.3 Å². The molecule has 1 aromatic rings. The van der Waals surface area contributed by atoms with Gasteiger partial charge in [-0.1, -0.05) is 0 Å². The predicted molar refractivity (Wildman–Crippen MR) is 69.5 cm³/mol. The first-order valence-electron chi connectivity index (χ1n) is 6.59. The molecular weight excluding hydrogens is 246 g/mol. The van der Waals surface area contributed by atoms with Crippen LogP contribution < -0.4 is 5.32 Å². The van der Waals surface area contributed by atoms with Gasteiger partial charge in [0, 0.05) is 33.1 Å². The van der Waals surface area contributed by atoms with Crippen LogP contribution in [0.3, 0.4) is 0 Å². The highest BCUT2D eigenvalue weighted by molar-refractivity contribution is 5.76. The van der Waals surface area contributed by atoms with E-state index in [9.17, 15) is 4.79 Å². The Balaban J connectivity index is 1.66. The molecule has 1 N–H and O–H groups in total. The second-order valence-electron chi connectivity index (χ2n) is 4.64. The van der Waals surface area contributed by atoms with Crippen LogP contribution in [0.1, 0.15) is 18.1 Å². The lowest BCUT2D eigenvalue weighted by Crippen LogP contribution is -2.41. The first-order valence-corrected chi connectivity index (χ1v) is 6.59. The molecule has 1 aliphatic heterocycles. The fraction of sp³-hybridized carbons (Fsp3) is 0.750. The van der Waals surface area contributed by atoms with Gasteiger partial charge in [-0.3, -0.25) is 4.79 Å². The van der Waals surface area contributed by atoms with Crippen LogP contribution in [0.4, 0.5) is 0 Å². The second-order valence-corrected chi connectivity index (χ2v) is 4.64. The van der Waals surface area contributed by atoms with Crippen LogP contribution in [-0.2, 0) is 23.1 Å². The quantitative estimate of drug-likeness (QED) is 0.726. The SMILES string of the molecule is Cc1nnc(CNCCC(=O)N2CCOCC2)n1C. The zero-order valence-electron chi connectivity index (χ0n) is 11.6. The Labute approximate surface area is 112 Å². The van der Waals surface area contributed by atoms with Gasteiger partial charge in [0.05, 0.1) is 19.8 Å². The third-order valence-electron chi connectivity index (χ3n) is 3.35. The maximum absolute atomic E-state index is 11.9. The average Bonchev–Trinajstić information content (AvgIpc) is 2.76. The lowest BCUT2D eigenvalue weighted by Gasteiger charge is -2.26. The van der Waals surface area contributed by atoms with Gasteiger partial charge >= 0.3 is 0 Å². The van der Waals surface area contributed by atoms with Crippen molar-refractivity contribution in [3.63, 3.8) is 0 Å². The number of amides is 1. The molecular formula is C12H21N5O2. The molecule has 0 spiro atoms. The highest BCUT2D eigenvalue weighted by Gasteiger charge is 2.16. The summed E-state index contributed by atoms with van der Waals surface area (Å²) in [7, 11) is 1.94. The predicted octanol–water partition coefficient (Wildman–Crippen LogP) is -0.538. The van der Waals surface area contributed by atoms with Crippen LogP contribution in [0, 0.1) is 6.92 Å². The molecule has 1 aliphatic rings. The van der Waals surface area contributed by atoms with Crippen molar-refractivity contribution in [2.24, 2.45) is 7.05 Å². The number of ether oxygens (including phenoxy) is 1. The fourth-order valence-electron chi connectivity index (χ4n) is 1.97. The van der Waals surface area contributed by atoms with Crippen molar-refractivity contribution < 1.29 is 9.53 Å². The Morgan fingerprint density at radius 3 is 2.74 bits per heavy atom. The summed E-state index contributed by atoms with van der Waals surface area (Å²) in [4.78, 5) is 13.7. The minimum atomic E-state index is 0.185. The zero-order chi connectivity index (χ0) is 13.7. The summed E-state index contributed by atoms with van der Waals surface area (Å²) in [5, 5.41) is 11.3. The molecule has 2 heterocycles. The molecule has 2 rings (SSSR count). The number of nitrogens with one attached hydrogen (secondary N) is 1. The van der Waals surface area contributed by atoms with Crippen LogP contribution in [0.15, 0.2) is 0 Å². The molecule has 1 amide bonds. The van der Waals surface area contributed by atoms with Gasteiger partial charge in [-0.15, -0.1) is 10.2 Å². The average molecular weight is 267 g/mol. The summed E-state index contributed by atoms with van der Waals surface area (Å²) in [6, 6.07) is 0. The zero-order valence-corrected chi connectivity index (χ0v) is 11.6. The number of hydrogen-bond acceptors (Lipinski definition) is 5. The highest BCUT2D eigenvalue weighted by atomic mass is 16.5. The Bertz CT molecular complexity index is 426. The molecule has 0 aromatic carbocycles. The van der Waals surface area contributed by atoms with Crippen LogP contribution in [-0.4, -0.2) is 58.4 Å². The first kappa shape index (κ1) is 14.0. The molecule has 106 valence electrons. The van der Waals surface area contributed by atoms with Gasteiger partial charge in [-0.2, -0.15) is 0 Å². The molecule has 0 saturated carbocycles. The molecule has 1 fully saturated rings. The third-order valence-corrected chi connectivity index (χ3v) is 3.35. The molecule has 19 heavy (non-hydrogen) atoms. The summed E-state index contributed by atoms with van der Waals surface area (Å²) in [6.07, 6.45) is 0.511. The maximum Gasteiger partial charge on any atom is 0.224 e. The van der Waals surface area contributed by atoms with E-state index in [1.54, 1.807) is 0 Å². The smallest absolute Gasteiger partial charge is 0.224 e. The molecule has 7 nitrogen and oxygen atoms in total. The van der Waals surface area contributed by atoms with Crippen molar-refractivity contribution in [2.75, 3.05) is 32.8 Å². The van der Waals surface area contributed by atoms with Crippen LogP contribution >= 0.6 is 0 Å². The van der Waals surface area contributed by atoms with Gasteiger partial charge in [0.25, 0.3) is 0 Å². The highest BCUT2D eigenvalue weighted by Crippen LogP contribution is 2.00. The van der Waals surface area contributed by atoms with Gasteiger partial charge < -0.3 is 19.5 Å². The van der Waals surface area contributed by atoms with E-state index in [2.05, 4.69) is 15.5 Å². The first-order chi connectivity index (χ1) is 9.18. The van der Waals surface area contributed by atoms with Gasteiger partial charge in [0.2, 0.25) is 5.91 Å². The lowest BCUT2D eigenvalue weighted by atomic mass is 10.3. The molecule has 0 aliphatic carbocycles. The van der Waals surface area contributed by atoms with Gasteiger partial charge in [0.1, 0.15) is 11.6 Å². The summed E-state index contributed by atoms with van der Waals surface area (Å²) >= 11 is 0. The standard InChI is InChI=1S/C12H21N5O2/c1-10-14-15-11(16(10)2)9-13-4-3-12(18)17-5-7-19-8-6-17/h13H,3-9H2,1-2H3. The van der Waals surface area contributed by atoms with Crippen LogP contribution in [0.25, 0.3) is 0 Å². The van der Waals surface area contributed by atoms with E-state index in [0.29, 0.717) is 45.8 Å². The van der Waals surface area contributed by atoms with Crippen molar-refractivity contribution in [1.29, 1.82) is 0 Å². The van der Waals surface area contributed by atoms with E-state index in [0.717, 1.165) is 11.6 Å². The summed E-state index contributed by atoms with van der Waals surface area (Å²) in [5.41, 5.74) is 0. The number of nitrogens with zero attached hydrogens (tertiary/aromatic N) is 4. The van der Waals surface area contributed by atoms with Gasteiger partial charge in [-0.05, 0) is 6.92 Å². The Morgan fingerprint density at radius 2 is 2.11 bits per heavy atom. The number of morpholine rings is 1. The summed E-state index contributed by atoms with van der Waals surface area (Å²) < 4.78 is 7.16. The van der Waals surface area contributed by atoms with E-state index >= 15 is 0 Å². The number of rotatable bonds is 5. The van der Waals surface area contributed by atoms with Gasteiger partial charge in [0.15, 0.2) is 0 Å². The van der Waals surface area contributed by atoms with E-state index in [4.69, 9.17) is 4.74 Å². The van der Waals surface area contributed by atoms with E-state index < -0.39 is 0 Å². The number of hydrogen-bond donors (Lipinski definition) is 1. The van der Waals surface area contributed by atoms with E-state index in [1.807, 2.05) is 23.4 Å². The van der Waals surface area contributed by atoms with Crippen molar-refractivity contribution >= 4 is 5.91 Å². The molecule has 0 unspecified atom stereocenters. The van der Waals surface area contributed by atoms with E-state index in [1.165, 1.54) is 0 Å². The molecule has 0 bridgehead atoms. The van der Waals surface area contributed by atoms with Crippen LogP contribution in [0.2, 0.25) is 0 Å². The fourth-order valence-corrected chi connectivity index (χ4v) is 1.97. The molecule has 0 atom stereocenters. The molecule has 1 aromatic heterocycles. The van der Waals surface area contributed by atoms with Gasteiger partial charge in [-0.25, -0.2) is 0 Å². The van der Waals surface area contributed by atoms with Crippen LogP contribution in [0.5, 0.6) is 0 Å². The normalized spacial score (nSPS) is 15.8. The molecule has 1 saturated heterocycles. The van der Waals surface area contributed by atoms with Crippen molar-refractivity contribution in [3.05, 3.63) is 11.6 Å². The summed E-state index contributed by atoms with van der Waals surface area (Å²) in [5.74, 6) is 1.96.